The molecule has 4 nitrogen and oxygen atoms in total. The molecule has 15 heavy (non-hydrogen) atoms. The van der Waals surface area contributed by atoms with E-state index in [2.05, 4.69) is 41.0 Å². The minimum atomic E-state index is 0.723. The number of anilines is 2. The van der Waals surface area contributed by atoms with Gasteiger partial charge >= 0.3 is 0 Å². The lowest BCUT2D eigenvalue weighted by atomic mass is 10.4. The average molecular weight is 208 g/mol. The van der Waals surface area contributed by atoms with Crippen LogP contribution in [0.25, 0.3) is 0 Å². The molecule has 0 aliphatic heterocycles. The fraction of sp³-hybridized carbons (Fsp3) is 0.636. The van der Waals surface area contributed by atoms with Crippen molar-refractivity contribution in [2.45, 2.75) is 27.2 Å². The Morgan fingerprint density at radius 1 is 1.27 bits per heavy atom. The van der Waals surface area contributed by atoms with Gasteiger partial charge in [-0.25, -0.2) is 4.98 Å². The molecule has 0 spiro atoms. The van der Waals surface area contributed by atoms with Gasteiger partial charge in [-0.1, -0.05) is 6.92 Å². The van der Waals surface area contributed by atoms with E-state index < -0.39 is 0 Å². The molecule has 0 amide bonds. The van der Waals surface area contributed by atoms with Crippen LogP contribution in [0.4, 0.5) is 11.8 Å². The normalized spacial score (nSPS) is 10.1. The fourth-order valence-electron chi connectivity index (χ4n) is 1.39. The highest BCUT2D eigenvalue weighted by Crippen LogP contribution is 2.11. The Kier molecular flexibility index (Phi) is 4.87. The van der Waals surface area contributed by atoms with E-state index in [1.807, 2.05) is 6.07 Å². The van der Waals surface area contributed by atoms with Gasteiger partial charge < -0.3 is 10.2 Å². The Hall–Kier alpha value is -1.32. The summed E-state index contributed by atoms with van der Waals surface area (Å²) in [5.41, 5.74) is 0. The highest BCUT2D eigenvalue weighted by molar-refractivity contribution is 5.42. The first-order chi connectivity index (χ1) is 7.31. The average Bonchev–Trinajstić information content (AvgIpc) is 2.29. The molecule has 0 atom stereocenters. The van der Waals surface area contributed by atoms with Crippen LogP contribution in [-0.4, -0.2) is 29.6 Å². The van der Waals surface area contributed by atoms with Gasteiger partial charge in [0.25, 0.3) is 0 Å². The SMILES string of the molecule is CCCNc1nccc(N(CC)CC)n1. The third-order valence-corrected chi connectivity index (χ3v) is 2.26. The molecule has 0 aromatic carbocycles. The van der Waals surface area contributed by atoms with Crippen molar-refractivity contribution in [3.63, 3.8) is 0 Å². The lowest BCUT2D eigenvalue weighted by Crippen LogP contribution is -2.23. The van der Waals surface area contributed by atoms with Crippen LogP contribution in [0.15, 0.2) is 12.3 Å². The second kappa shape index (κ2) is 6.22. The van der Waals surface area contributed by atoms with Gasteiger partial charge in [0.15, 0.2) is 0 Å². The zero-order chi connectivity index (χ0) is 11.1. The first kappa shape index (κ1) is 11.8. The molecule has 1 rings (SSSR count). The maximum Gasteiger partial charge on any atom is 0.224 e. The summed E-state index contributed by atoms with van der Waals surface area (Å²) in [6.45, 7) is 9.25. The lowest BCUT2D eigenvalue weighted by molar-refractivity contribution is 0.839. The largest absolute Gasteiger partial charge is 0.357 e. The Morgan fingerprint density at radius 2 is 2.00 bits per heavy atom. The predicted molar refractivity (Wildman–Crippen MR) is 64.4 cm³/mol. The van der Waals surface area contributed by atoms with Gasteiger partial charge in [0.05, 0.1) is 0 Å². The van der Waals surface area contributed by atoms with Gasteiger partial charge in [0.1, 0.15) is 5.82 Å². The molecular weight excluding hydrogens is 188 g/mol. The van der Waals surface area contributed by atoms with E-state index >= 15 is 0 Å². The number of hydrogen-bond acceptors (Lipinski definition) is 4. The lowest BCUT2D eigenvalue weighted by Gasteiger charge is -2.19. The summed E-state index contributed by atoms with van der Waals surface area (Å²) in [6.07, 6.45) is 2.89. The molecule has 1 heterocycles. The van der Waals surface area contributed by atoms with Gasteiger partial charge in [-0.2, -0.15) is 4.98 Å². The highest BCUT2D eigenvalue weighted by Gasteiger charge is 2.04. The standard InChI is InChI=1S/C11H20N4/c1-4-8-12-11-13-9-7-10(14-11)15(5-2)6-3/h7,9H,4-6,8H2,1-3H3,(H,12,13,14). The molecule has 0 aliphatic carbocycles. The van der Waals surface area contributed by atoms with Gasteiger partial charge in [-0.15, -0.1) is 0 Å². The van der Waals surface area contributed by atoms with Crippen LogP contribution >= 0.6 is 0 Å². The highest BCUT2D eigenvalue weighted by atomic mass is 15.2. The van der Waals surface area contributed by atoms with Crippen LogP contribution < -0.4 is 10.2 Å². The van der Waals surface area contributed by atoms with Crippen molar-refractivity contribution in [2.24, 2.45) is 0 Å². The topological polar surface area (TPSA) is 41.1 Å². The summed E-state index contributed by atoms with van der Waals surface area (Å²) in [4.78, 5) is 10.8. The van der Waals surface area contributed by atoms with Crippen molar-refractivity contribution in [2.75, 3.05) is 29.9 Å². The van der Waals surface area contributed by atoms with E-state index in [0.717, 1.165) is 37.8 Å². The maximum absolute atomic E-state index is 4.46. The first-order valence-corrected chi connectivity index (χ1v) is 5.63. The maximum atomic E-state index is 4.46. The van der Waals surface area contributed by atoms with Gasteiger partial charge in [-0.05, 0) is 26.3 Å². The van der Waals surface area contributed by atoms with E-state index in [4.69, 9.17) is 0 Å². The monoisotopic (exact) mass is 208 g/mol. The molecule has 0 saturated heterocycles. The molecule has 0 unspecified atom stereocenters. The van der Waals surface area contributed by atoms with Crippen LogP contribution in [0.1, 0.15) is 27.2 Å². The van der Waals surface area contributed by atoms with Crippen LogP contribution in [-0.2, 0) is 0 Å². The van der Waals surface area contributed by atoms with Gasteiger partial charge in [0.2, 0.25) is 5.95 Å². The second-order valence-electron chi connectivity index (χ2n) is 3.34. The first-order valence-electron chi connectivity index (χ1n) is 5.63. The minimum absolute atomic E-state index is 0.723. The zero-order valence-electron chi connectivity index (χ0n) is 9.82. The number of aromatic nitrogens is 2. The minimum Gasteiger partial charge on any atom is -0.357 e. The molecular formula is C11H20N4. The molecule has 1 aromatic rings. The summed E-state index contributed by atoms with van der Waals surface area (Å²) in [5, 5.41) is 3.19. The van der Waals surface area contributed by atoms with E-state index in [-0.39, 0.29) is 0 Å². The third-order valence-electron chi connectivity index (χ3n) is 2.26. The van der Waals surface area contributed by atoms with E-state index in [1.165, 1.54) is 0 Å². The Morgan fingerprint density at radius 3 is 2.60 bits per heavy atom. The third kappa shape index (κ3) is 3.38. The Bertz CT molecular complexity index is 284. The van der Waals surface area contributed by atoms with Gasteiger partial charge in [-0.3, -0.25) is 0 Å². The molecule has 0 saturated carbocycles. The molecule has 1 N–H and O–H groups in total. The number of nitrogens with one attached hydrogen (secondary N) is 1. The Balaban J connectivity index is 2.72. The predicted octanol–water partition coefficient (Wildman–Crippen LogP) is 2.14. The van der Waals surface area contributed by atoms with Crippen molar-refractivity contribution < 1.29 is 0 Å². The second-order valence-corrected chi connectivity index (χ2v) is 3.34. The number of hydrogen-bond donors (Lipinski definition) is 1. The van der Waals surface area contributed by atoms with Crippen LogP contribution in [0.3, 0.4) is 0 Å². The molecule has 0 radical (unpaired) electrons. The van der Waals surface area contributed by atoms with Gasteiger partial charge in [0, 0.05) is 25.8 Å². The number of nitrogens with zero attached hydrogens (tertiary/aromatic N) is 3. The molecule has 0 aliphatic rings. The fourth-order valence-corrected chi connectivity index (χ4v) is 1.39. The summed E-state index contributed by atoms with van der Waals surface area (Å²) in [5.74, 6) is 1.72. The van der Waals surface area contributed by atoms with Crippen LogP contribution in [0, 0.1) is 0 Å². The summed E-state index contributed by atoms with van der Waals surface area (Å²) < 4.78 is 0. The van der Waals surface area contributed by atoms with Crippen molar-refractivity contribution in [1.82, 2.24) is 9.97 Å². The molecule has 84 valence electrons. The quantitative estimate of drug-likeness (QED) is 0.777. The molecule has 0 bridgehead atoms. The van der Waals surface area contributed by atoms with E-state index in [1.54, 1.807) is 6.20 Å². The molecule has 0 fully saturated rings. The zero-order valence-corrected chi connectivity index (χ0v) is 9.82. The van der Waals surface area contributed by atoms with E-state index in [9.17, 15) is 0 Å². The van der Waals surface area contributed by atoms with Crippen molar-refractivity contribution in [1.29, 1.82) is 0 Å². The molecule has 4 heteroatoms. The van der Waals surface area contributed by atoms with Crippen LogP contribution in [0.2, 0.25) is 0 Å². The molecule has 1 aromatic heterocycles. The number of rotatable bonds is 6. The van der Waals surface area contributed by atoms with Crippen molar-refractivity contribution in [3.8, 4) is 0 Å². The summed E-state index contributed by atoms with van der Waals surface area (Å²) in [6, 6.07) is 1.95. The van der Waals surface area contributed by atoms with E-state index in [0.29, 0.717) is 0 Å². The van der Waals surface area contributed by atoms with Crippen LogP contribution in [0.5, 0.6) is 0 Å². The smallest absolute Gasteiger partial charge is 0.224 e. The Labute approximate surface area is 91.7 Å². The summed E-state index contributed by atoms with van der Waals surface area (Å²) in [7, 11) is 0. The van der Waals surface area contributed by atoms with Crippen molar-refractivity contribution >= 4 is 11.8 Å². The van der Waals surface area contributed by atoms with Crippen molar-refractivity contribution in [3.05, 3.63) is 12.3 Å². The summed E-state index contributed by atoms with van der Waals surface area (Å²) >= 11 is 0.